The van der Waals surface area contributed by atoms with Crippen LogP contribution in [0.5, 0.6) is 0 Å². The first-order valence-corrected chi connectivity index (χ1v) is 9.54. The molecule has 0 saturated heterocycles. The van der Waals surface area contributed by atoms with Crippen molar-refractivity contribution in [2.45, 2.75) is 18.9 Å². The molecule has 150 valence electrons. The van der Waals surface area contributed by atoms with Crippen molar-refractivity contribution in [1.29, 1.82) is 0 Å². The minimum Gasteiger partial charge on any atom is -0.356 e. The van der Waals surface area contributed by atoms with Gasteiger partial charge in [-0.1, -0.05) is 60.7 Å². The second-order valence-corrected chi connectivity index (χ2v) is 6.98. The summed E-state index contributed by atoms with van der Waals surface area (Å²) in [7, 11) is 1.76. The number of nitrogens with zero attached hydrogens (tertiary/aromatic N) is 1. The van der Waals surface area contributed by atoms with Crippen LogP contribution in [-0.4, -0.2) is 25.5 Å². The molecule has 5 nitrogen and oxygen atoms in total. The number of fused-ring (bicyclic) bond motifs is 2. The van der Waals surface area contributed by atoms with Crippen LogP contribution in [0.4, 0.5) is 5.69 Å². The van der Waals surface area contributed by atoms with Crippen LogP contribution in [0, 0.1) is 0 Å². The number of hydrogen-bond acceptors (Lipinski definition) is 2. The van der Waals surface area contributed by atoms with Crippen LogP contribution in [-0.2, 0) is 11.3 Å². The molecule has 0 fully saturated rings. The van der Waals surface area contributed by atoms with Gasteiger partial charge >= 0.3 is 0 Å². The molecule has 1 unspecified atom stereocenters. The van der Waals surface area contributed by atoms with E-state index in [1.807, 2.05) is 18.2 Å². The van der Waals surface area contributed by atoms with Crippen LogP contribution in [0.15, 0.2) is 71.7 Å². The van der Waals surface area contributed by atoms with E-state index in [-0.39, 0.29) is 35.8 Å². The van der Waals surface area contributed by atoms with Gasteiger partial charge in [-0.15, -0.1) is 24.0 Å². The third-order valence-corrected chi connectivity index (χ3v) is 5.17. The van der Waals surface area contributed by atoms with Crippen LogP contribution in [0.1, 0.15) is 23.5 Å². The zero-order chi connectivity index (χ0) is 19.3. The Labute approximate surface area is 188 Å². The van der Waals surface area contributed by atoms with Gasteiger partial charge in [0.1, 0.15) is 0 Å². The first-order chi connectivity index (χ1) is 13.7. The molecule has 1 aliphatic heterocycles. The van der Waals surface area contributed by atoms with Crippen LogP contribution in [0.25, 0.3) is 10.8 Å². The summed E-state index contributed by atoms with van der Waals surface area (Å²) in [5.74, 6) is 0.918. The minimum absolute atomic E-state index is 0. The van der Waals surface area contributed by atoms with Gasteiger partial charge in [0.25, 0.3) is 0 Å². The summed E-state index contributed by atoms with van der Waals surface area (Å²) in [6.45, 7) is 1.34. The molecule has 1 amide bonds. The molecule has 0 spiro atoms. The number of guanidine groups is 1. The molecule has 3 N–H and O–H groups in total. The first-order valence-electron chi connectivity index (χ1n) is 9.54. The van der Waals surface area contributed by atoms with Gasteiger partial charge in [0, 0.05) is 38.2 Å². The number of hydrogen-bond donors (Lipinski definition) is 3. The van der Waals surface area contributed by atoms with E-state index in [2.05, 4.69) is 69.5 Å². The van der Waals surface area contributed by atoms with Crippen LogP contribution < -0.4 is 16.0 Å². The lowest BCUT2D eigenvalue weighted by molar-refractivity contribution is -0.116. The van der Waals surface area contributed by atoms with E-state index in [9.17, 15) is 4.79 Å². The third kappa shape index (κ3) is 4.87. The molecular formula is C23H25IN4O. The molecule has 0 aliphatic carbocycles. The summed E-state index contributed by atoms with van der Waals surface area (Å²) >= 11 is 0. The number of para-hydroxylation sites is 1. The van der Waals surface area contributed by atoms with Crippen molar-refractivity contribution < 1.29 is 4.79 Å². The van der Waals surface area contributed by atoms with E-state index in [1.54, 1.807) is 7.05 Å². The predicted molar refractivity (Wildman–Crippen MR) is 130 cm³/mol. The summed E-state index contributed by atoms with van der Waals surface area (Å²) in [6.07, 6.45) is 0.477. The summed E-state index contributed by atoms with van der Waals surface area (Å²) in [5.41, 5.74) is 3.30. The molecule has 29 heavy (non-hydrogen) atoms. The molecule has 0 radical (unpaired) electrons. The van der Waals surface area contributed by atoms with Gasteiger partial charge in [-0.3, -0.25) is 9.79 Å². The average molecular weight is 500 g/mol. The molecule has 1 aliphatic rings. The normalized spacial score (nSPS) is 15.8. The minimum atomic E-state index is 0. The number of nitrogens with one attached hydrogen (secondary N) is 3. The molecule has 3 aromatic carbocycles. The number of rotatable bonds is 4. The number of aliphatic imine (C=N–C) groups is 1. The average Bonchev–Trinajstić information content (AvgIpc) is 2.73. The van der Waals surface area contributed by atoms with Crippen molar-refractivity contribution in [3.05, 3.63) is 77.9 Å². The predicted octanol–water partition coefficient (Wildman–Crippen LogP) is 4.25. The maximum absolute atomic E-state index is 12.0. The number of amides is 1. The van der Waals surface area contributed by atoms with Crippen LogP contribution >= 0.6 is 24.0 Å². The second kappa shape index (κ2) is 9.73. The van der Waals surface area contributed by atoms with E-state index < -0.39 is 0 Å². The van der Waals surface area contributed by atoms with Gasteiger partial charge < -0.3 is 16.0 Å². The maximum Gasteiger partial charge on any atom is 0.225 e. The van der Waals surface area contributed by atoms with Gasteiger partial charge in [-0.05, 0) is 28.0 Å². The summed E-state index contributed by atoms with van der Waals surface area (Å²) in [6, 6.07) is 22.7. The molecule has 3 aromatic rings. The van der Waals surface area contributed by atoms with Gasteiger partial charge in [-0.2, -0.15) is 0 Å². The quantitative estimate of drug-likeness (QED) is 0.285. The summed E-state index contributed by atoms with van der Waals surface area (Å²) in [4.78, 5) is 16.3. The van der Waals surface area contributed by atoms with Gasteiger partial charge in [0.15, 0.2) is 5.96 Å². The SMILES string of the molecule is CN=C(NCc1cccc2ccccc12)NCC1CC(=O)Nc2ccccc21.I. The number of halogens is 1. The van der Waals surface area contributed by atoms with Gasteiger partial charge in [0.05, 0.1) is 0 Å². The van der Waals surface area contributed by atoms with E-state index in [0.717, 1.165) is 11.6 Å². The first kappa shape index (κ1) is 21.1. The van der Waals surface area contributed by atoms with Gasteiger partial charge in [0.2, 0.25) is 5.91 Å². The molecule has 4 rings (SSSR count). The molecule has 0 bridgehead atoms. The third-order valence-electron chi connectivity index (χ3n) is 5.17. The Morgan fingerprint density at radius 1 is 1.03 bits per heavy atom. The highest BCUT2D eigenvalue weighted by atomic mass is 127. The summed E-state index contributed by atoms with van der Waals surface area (Å²) < 4.78 is 0. The van der Waals surface area contributed by atoms with E-state index in [4.69, 9.17) is 0 Å². The highest BCUT2D eigenvalue weighted by Crippen LogP contribution is 2.31. The van der Waals surface area contributed by atoms with E-state index in [0.29, 0.717) is 19.5 Å². The molecule has 0 saturated carbocycles. The molecule has 6 heteroatoms. The lowest BCUT2D eigenvalue weighted by Crippen LogP contribution is -2.40. The zero-order valence-electron chi connectivity index (χ0n) is 16.3. The summed E-state index contributed by atoms with van der Waals surface area (Å²) in [5, 5.41) is 12.2. The molecule has 0 aromatic heterocycles. The maximum atomic E-state index is 12.0. The Balaban J connectivity index is 0.00000240. The van der Waals surface area contributed by atoms with Crippen molar-refractivity contribution in [2.24, 2.45) is 4.99 Å². The highest BCUT2D eigenvalue weighted by Gasteiger charge is 2.24. The highest BCUT2D eigenvalue weighted by molar-refractivity contribution is 14.0. The fourth-order valence-corrected chi connectivity index (χ4v) is 3.75. The Bertz CT molecular complexity index is 1030. The lowest BCUT2D eigenvalue weighted by Gasteiger charge is -2.26. The smallest absolute Gasteiger partial charge is 0.225 e. The lowest BCUT2D eigenvalue weighted by atomic mass is 9.90. The fraction of sp³-hybridized carbons (Fsp3) is 0.217. The Morgan fingerprint density at radius 3 is 2.66 bits per heavy atom. The Kier molecular flexibility index (Phi) is 7.09. The van der Waals surface area contributed by atoms with Crippen molar-refractivity contribution in [2.75, 3.05) is 18.9 Å². The van der Waals surface area contributed by atoms with E-state index in [1.165, 1.54) is 21.9 Å². The monoisotopic (exact) mass is 500 g/mol. The topological polar surface area (TPSA) is 65.5 Å². The van der Waals surface area contributed by atoms with Crippen molar-refractivity contribution >= 4 is 52.3 Å². The Morgan fingerprint density at radius 2 is 1.79 bits per heavy atom. The standard InChI is InChI=1S/C23H24N4O.HI/c1-24-23(25-14-17-9-6-8-16-7-2-3-10-19(16)17)26-15-18-13-22(28)27-21-12-5-4-11-20(18)21;/h2-12,18H,13-15H2,1H3,(H,27,28)(H2,24,25,26);1H. The number of carbonyl (C=O) groups is 1. The number of benzene rings is 3. The van der Waals surface area contributed by atoms with Crippen molar-refractivity contribution in [3.63, 3.8) is 0 Å². The van der Waals surface area contributed by atoms with Crippen molar-refractivity contribution in [3.8, 4) is 0 Å². The Hall–Kier alpha value is -2.61. The van der Waals surface area contributed by atoms with Crippen LogP contribution in [0.2, 0.25) is 0 Å². The largest absolute Gasteiger partial charge is 0.356 e. The second-order valence-electron chi connectivity index (χ2n) is 6.98. The van der Waals surface area contributed by atoms with Crippen molar-refractivity contribution in [1.82, 2.24) is 10.6 Å². The number of carbonyl (C=O) groups excluding carboxylic acids is 1. The van der Waals surface area contributed by atoms with Crippen LogP contribution in [0.3, 0.4) is 0 Å². The number of anilines is 1. The fourth-order valence-electron chi connectivity index (χ4n) is 3.75. The van der Waals surface area contributed by atoms with E-state index >= 15 is 0 Å². The molecule has 1 heterocycles. The van der Waals surface area contributed by atoms with Gasteiger partial charge in [-0.25, -0.2) is 0 Å². The molecule has 1 atom stereocenters. The molecular weight excluding hydrogens is 475 g/mol. The zero-order valence-corrected chi connectivity index (χ0v) is 18.6.